The predicted molar refractivity (Wildman–Crippen MR) is 129 cm³/mol. The number of piperidine rings is 1. The van der Waals surface area contributed by atoms with E-state index >= 15 is 0 Å². The Hall–Kier alpha value is -2.78. The number of hydrogen-bond donors (Lipinski definition) is 3. The smallest absolute Gasteiger partial charge is 0.407 e. The first-order valence-electron chi connectivity index (χ1n) is 10.8. The second-order valence-electron chi connectivity index (χ2n) is 8.86. The summed E-state index contributed by atoms with van der Waals surface area (Å²) in [5.41, 5.74) is -0.107. The highest BCUT2D eigenvalue weighted by atomic mass is 35.5. The summed E-state index contributed by atoms with van der Waals surface area (Å²) in [7, 11) is 0. The molecule has 0 saturated carbocycles. The van der Waals surface area contributed by atoms with Crippen molar-refractivity contribution in [3.8, 4) is 0 Å². The number of likely N-dealkylation sites (tertiary alicyclic amines) is 1. The van der Waals surface area contributed by atoms with Gasteiger partial charge in [-0.25, -0.2) is 9.59 Å². The van der Waals surface area contributed by atoms with Crippen LogP contribution >= 0.6 is 23.2 Å². The van der Waals surface area contributed by atoms with Gasteiger partial charge in [-0.2, -0.15) is 0 Å². The Balaban J connectivity index is 1.85. The van der Waals surface area contributed by atoms with Crippen LogP contribution in [0, 0.1) is 5.92 Å². The molecule has 1 heterocycles. The van der Waals surface area contributed by atoms with Crippen molar-refractivity contribution in [1.29, 1.82) is 0 Å². The van der Waals surface area contributed by atoms with Gasteiger partial charge in [-0.05, 0) is 51.3 Å². The monoisotopic (exact) mass is 513 g/mol. The molecule has 186 valence electrons. The van der Waals surface area contributed by atoms with Crippen molar-refractivity contribution in [1.82, 2.24) is 15.5 Å². The second-order valence-corrected chi connectivity index (χ2v) is 9.64. The number of amides is 3. The summed E-state index contributed by atoms with van der Waals surface area (Å²) < 4.78 is 5.07. The highest BCUT2D eigenvalue weighted by molar-refractivity contribution is 6.42. The molecule has 1 fully saturated rings. The van der Waals surface area contributed by atoms with Crippen molar-refractivity contribution in [2.24, 2.45) is 5.92 Å². The maximum absolute atomic E-state index is 12.6. The van der Waals surface area contributed by atoms with Gasteiger partial charge in [-0.3, -0.25) is 9.59 Å². The zero-order chi connectivity index (χ0) is 25.5. The number of ether oxygens (including phenoxy) is 1. The zero-order valence-electron chi connectivity index (χ0n) is 19.3. The van der Waals surface area contributed by atoms with Crippen LogP contribution in [0.4, 0.5) is 4.79 Å². The lowest BCUT2D eigenvalue weighted by Gasteiger charge is -2.31. The first-order valence-corrected chi connectivity index (χ1v) is 11.5. The van der Waals surface area contributed by atoms with E-state index in [1.54, 1.807) is 49.9 Å². The number of aliphatic carboxylic acids is 1. The van der Waals surface area contributed by atoms with Gasteiger partial charge in [-0.1, -0.05) is 35.3 Å². The van der Waals surface area contributed by atoms with Crippen LogP contribution in [0.2, 0.25) is 10.0 Å². The molecule has 3 amide bonds. The minimum Gasteiger partial charge on any atom is -0.480 e. The van der Waals surface area contributed by atoms with Crippen LogP contribution in [0.25, 0.3) is 6.08 Å². The van der Waals surface area contributed by atoms with Crippen LogP contribution in [0.5, 0.6) is 0 Å². The fraction of sp³-hybridized carbons (Fsp3) is 0.478. The van der Waals surface area contributed by atoms with Gasteiger partial charge in [0.25, 0.3) is 0 Å². The summed E-state index contributed by atoms with van der Waals surface area (Å²) in [6.07, 6.45) is 2.99. The minimum absolute atomic E-state index is 0.222. The number of hydrogen-bond acceptors (Lipinski definition) is 5. The van der Waals surface area contributed by atoms with Gasteiger partial charge in [0.2, 0.25) is 11.8 Å². The van der Waals surface area contributed by atoms with Gasteiger partial charge < -0.3 is 25.4 Å². The van der Waals surface area contributed by atoms with Crippen LogP contribution in [0.15, 0.2) is 24.3 Å². The summed E-state index contributed by atoms with van der Waals surface area (Å²) in [5, 5.41) is 14.9. The lowest BCUT2D eigenvalue weighted by atomic mass is 9.95. The van der Waals surface area contributed by atoms with Gasteiger partial charge >= 0.3 is 12.1 Å². The van der Waals surface area contributed by atoms with E-state index in [1.165, 1.54) is 6.08 Å². The van der Waals surface area contributed by atoms with E-state index in [4.69, 9.17) is 27.9 Å². The van der Waals surface area contributed by atoms with Gasteiger partial charge in [-0.15, -0.1) is 0 Å². The quantitative estimate of drug-likeness (QED) is 0.480. The van der Waals surface area contributed by atoms with E-state index < -0.39 is 35.5 Å². The third-order valence-electron chi connectivity index (χ3n) is 5.03. The number of carboxylic acid groups (broad SMARTS) is 1. The maximum Gasteiger partial charge on any atom is 0.407 e. The van der Waals surface area contributed by atoms with E-state index in [0.717, 1.165) is 0 Å². The molecule has 0 aliphatic carbocycles. The third kappa shape index (κ3) is 8.53. The molecule has 11 heteroatoms. The lowest BCUT2D eigenvalue weighted by Crippen LogP contribution is -2.52. The van der Waals surface area contributed by atoms with Gasteiger partial charge in [0, 0.05) is 25.1 Å². The minimum atomic E-state index is -1.30. The molecular formula is C23H29Cl2N3O6. The van der Waals surface area contributed by atoms with E-state index in [-0.39, 0.29) is 12.5 Å². The van der Waals surface area contributed by atoms with Crippen molar-refractivity contribution < 1.29 is 29.0 Å². The van der Waals surface area contributed by atoms with E-state index in [1.807, 2.05) is 0 Å². The molecule has 1 aromatic rings. The van der Waals surface area contributed by atoms with Crippen molar-refractivity contribution in [2.75, 3.05) is 19.6 Å². The standard InChI is InChI=1S/C23H29Cl2N3O6/c1-23(2,3)34-22(33)26-13-17(21(31)32)27-20(30)15-9-11-28(12-10-15)18(29)8-7-14-5-4-6-16(24)19(14)25/h4-8,15,17H,9-13H2,1-3H3,(H,26,33)(H,27,30)(H,31,32)/t17-/m0/s1. The summed E-state index contributed by atoms with van der Waals surface area (Å²) >= 11 is 12.1. The van der Waals surface area contributed by atoms with Crippen molar-refractivity contribution in [3.05, 3.63) is 39.9 Å². The molecule has 0 spiro atoms. The molecule has 1 saturated heterocycles. The molecule has 34 heavy (non-hydrogen) atoms. The summed E-state index contributed by atoms with van der Waals surface area (Å²) in [4.78, 5) is 49.9. The zero-order valence-corrected chi connectivity index (χ0v) is 20.8. The molecule has 1 aliphatic rings. The summed E-state index contributed by atoms with van der Waals surface area (Å²) in [6, 6.07) is 3.83. The number of nitrogens with zero attached hydrogens (tertiary/aromatic N) is 1. The molecule has 1 aliphatic heterocycles. The van der Waals surface area contributed by atoms with Crippen molar-refractivity contribution in [2.45, 2.75) is 45.3 Å². The Bertz CT molecular complexity index is 953. The van der Waals surface area contributed by atoms with E-state index in [9.17, 15) is 24.3 Å². The molecule has 0 unspecified atom stereocenters. The van der Waals surface area contributed by atoms with E-state index in [2.05, 4.69) is 10.6 Å². The number of carbonyl (C=O) groups excluding carboxylic acids is 3. The number of carboxylic acids is 1. The van der Waals surface area contributed by atoms with Gasteiger partial charge in [0.05, 0.1) is 16.6 Å². The van der Waals surface area contributed by atoms with Crippen LogP contribution < -0.4 is 10.6 Å². The third-order valence-corrected chi connectivity index (χ3v) is 5.86. The highest BCUT2D eigenvalue weighted by Crippen LogP contribution is 2.26. The average Bonchev–Trinajstić information content (AvgIpc) is 2.76. The second kappa shape index (κ2) is 12.1. The molecule has 2 rings (SSSR count). The average molecular weight is 514 g/mol. The maximum atomic E-state index is 12.6. The Labute approximate surface area is 208 Å². The fourth-order valence-electron chi connectivity index (χ4n) is 3.27. The molecular weight excluding hydrogens is 485 g/mol. The van der Waals surface area contributed by atoms with Crippen LogP contribution in [0.1, 0.15) is 39.2 Å². The molecule has 0 bridgehead atoms. The lowest BCUT2D eigenvalue weighted by molar-refractivity contribution is -0.142. The van der Waals surface area contributed by atoms with Crippen LogP contribution in [0.3, 0.4) is 0 Å². The Morgan fingerprint density at radius 2 is 1.85 bits per heavy atom. The first-order chi connectivity index (χ1) is 15.9. The summed E-state index contributed by atoms with van der Waals surface area (Å²) in [5.74, 6) is -2.38. The Morgan fingerprint density at radius 3 is 2.44 bits per heavy atom. The molecule has 0 radical (unpaired) electrons. The largest absolute Gasteiger partial charge is 0.480 e. The van der Waals surface area contributed by atoms with Crippen molar-refractivity contribution >= 4 is 53.2 Å². The highest BCUT2D eigenvalue weighted by Gasteiger charge is 2.30. The van der Waals surface area contributed by atoms with Crippen LogP contribution in [-0.4, -0.2) is 65.2 Å². The fourth-order valence-corrected chi connectivity index (χ4v) is 3.64. The molecule has 9 nitrogen and oxygen atoms in total. The SMILES string of the molecule is CC(C)(C)OC(=O)NC[C@H](NC(=O)C1CCN(C(=O)C=Cc2cccc(Cl)c2Cl)CC1)C(=O)O. The number of halogens is 2. The molecule has 0 aromatic heterocycles. The number of alkyl carbamates (subject to hydrolysis) is 1. The number of benzene rings is 1. The Morgan fingerprint density at radius 1 is 1.21 bits per heavy atom. The topological polar surface area (TPSA) is 125 Å². The Kier molecular flexibility index (Phi) is 9.76. The van der Waals surface area contributed by atoms with Gasteiger partial charge in [0.15, 0.2) is 0 Å². The molecule has 1 aromatic carbocycles. The first kappa shape index (κ1) is 27.5. The van der Waals surface area contributed by atoms with E-state index in [0.29, 0.717) is 41.5 Å². The van der Waals surface area contributed by atoms with Crippen LogP contribution in [-0.2, 0) is 19.1 Å². The summed E-state index contributed by atoms with van der Waals surface area (Å²) in [6.45, 7) is 5.42. The predicted octanol–water partition coefficient (Wildman–Crippen LogP) is 3.34. The number of carbonyl (C=O) groups is 4. The normalized spacial score (nSPS) is 15.6. The van der Waals surface area contributed by atoms with Gasteiger partial charge in [0.1, 0.15) is 11.6 Å². The molecule has 1 atom stereocenters. The molecule has 3 N–H and O–H groups in total. The number of nitrogens with one attached hydrogen (secondary N) is 2. The number of rotatable bonds is 7. The van der Waals surface area contributed by atoms with Crippen molar-refractivity contribution in [3.63, 3.8) is 0 Å².